The topological polar surface area (TPSA) is 36.9 Å². The zero-order chi connectivity index (χ0) is 11.4. The SMILES string of the molecule is COCCOCCOCCOC(C)CCl. The van der Waals surface area contributed by atoms with Crippen LogP contribution in [0.2, 0.25) is 0 Å². The van der Waals surface area contributed by atoms with Gasteiger partial charge < -0.3 is 18.9 Å². The Morgan fingerprint density at radius 2 is 1.47 bits per heavy atom. The van der Waals surface area contributed by atoms with Crippen LogP contribution in [-0.2, 0) is 18.9 Å². The number of ether oxygens (including phenoxy) is 4. The summed E-state index contributed by atoms with van der Waals surface area (Å²) < 4.78 is 20.6. The van der Waals surface area contributed by atoms with E-state index in [2.05, 4.69) is 0 Å². The van der Waals surface area contributed by atoms with Gasteiger partial charge in [0.05, 0.1) is 45.7 Å². The number of halogens is 1. The predicted molar refractivity (Wildman–Crippen MR) is 59.6 cm³/mol. The molecule has 0 radical (unpaired) electrons. The van der Waals surface area contributed by atoms with Crippen molar-refractivity contribution in [2.24, 2.45) is 0 Å². The molecule has 1 unspecified atom stereocenters. The molecule has 0 N–H and O–H groups in total. The molecule has 0 amide bonds. The summed E-state index contributed by atoms with van der Waals surface area (Å²) in [6.07, 6.45) is 0.0909. The quantitative estimate of drug-likeness (QED) is 0.403. The molecule has 0 aromatic rings. The van der Waals surface area contributed by atoms with Crippen LogP contribution in [0.25, 0.3) is 0 Å². The summed E-state index contributed by atoms with van der Waals surface area (Å²) in [5.74, 6) is 0.514. The van der Waals surface area contributed by atoms with Gasteiger partial charge in [-0.05, 0) is 6.92 Å². The molecular formula is C10H21ClO4. The van der Waals surface area contributed by atoms with Crippen LogP contribution in [0.4, 0.5) is 0 Å². The highest BCUT2D eigenvalue weighted by Gasteiger charge is 1.98. The van der Waals surface area contributed by atoms with Gasteiger partial charge in [-0.2, -0.15) is 0 Å². The van der Waals surface area contributed by atoms with Gasteiger partial charge in [0.2, 0.25) is 0 Å². The van der Waals surface area contributed by atoms with Crippen molar-refractivity contribution in [1.29, 1.82) is 0 Å². The maximum Gasteiger partial charge on any atom is 0.0704 e. The summed E-state index contributed by atoms with van der Waals surface area (Å²) >= 11 is 5.57. The highest BCUT2D eigenvalue weighted by Crippen LogP contribution is 1.93. The minimum absolute atomic E-state index is 0.0909. The molecule has 15 heavy (non-hydrogen) atoms. The first-order chi connectivity index (χ1) is 7.31. The number of hydrogen-bond donors (Lipinski definition) is 0. The predicted octanol–water partition coefficient (Wildman–Crippen LogP) is 1.31. The summed E-state index contributed by atoms with van der Waals surface area (Å²) in [7, 11) is 1.65. The van der Waals surface area contributed by atoms with E-state index in [4.69, 9.17) is 30.5 Å². The Kier molecular flexibility index (Phi) is 12.3. The highest BCUT2D eigenvalue weighted by molar-refractivity contribution is 6.18. The molecule has 0 spiro atoms. The van der Waals surface area contributed by atoms with Crippen LogP contribution in [-0.4, -0.2) is 58.7 Å². The van der Waals surface area contributed by atoms with Gasteiger partial charge in [-0.25, -0.2) is 0 Å². The van der Waals surface area contributed by atoms with Gasteiger partial charge in [0.1, 0.15) is 0 Å². The van der Waals surface area contributed by atoms with Crippen LogP contribution >= 0.6 is 11.6 Å². The van der Waals surface area contributed by atoms with Gasteiger partial charge in [-0.3, -0.25) is 0 Å². The zero-order valence-electron chi connectivity index (χ0n) is 9.54. The second-order valence-corrected chi connectivity index (χ2v) is 3.36. The van der Waals surface area contributed by atoms with E-state index in [1.165, 1.54) is 0 Å². The minimum Gasteiger partial charge on any atom is -0.382 e. The largest absolute Gasteiger partial charge is 0.382 e. The van der Waals surface area contributed by atoms with Gasteiger partial charge in [-0.15, -0.1) is 11.6 Å². The molecule has 0 heterocycles. The second kappa shape index (κ2) is 12.2. The van der Waals surface area contributed by atoms with Crippen molar-refractivity contribution < 1.29 is 18.9 Å². The van der Waals surface area contributed by atoms with Crippen LogP contribution in [0.5, 0.6) is 0 Å². The summed E-state index contributed by atoms with van der Waals surface area (Å²) in [6, 6.07) is 0. The summed E-state index contributed by atoms with van der Waals surface area (Å²) in [5, 5.41) is 0. The van der Waals surface area contributed by atoms with Crippen molar-refractivity contribution in [3.8, 4) is 0 Å². The maximum absolute atomic E-state index is 5.57. The summed E-state index contributed by atoms with van der Waals surface area (Å²) in [5.41, 5.74) is 0. The van der Waals surface area contributed by atoms with Crippen LogP contribution in [0.3, 0.4) is 0 Å². The fourth-order valence-electron chi connectivity index (χ4n) is 0.817. The molecule has 92 valence electrons. The van der Waals surface area contributed by atoms with Crippen LogP contribution < -0.4 is 0 Å². The fraction of sp³-hybridized carbons (Fsp3) is 1.00. The Balaban J connectivity index is 2.92. The Bertz CT molecular complexity index is 124. The van der Waals surface area contributed by atoms with Gasteiger partial charge >= 0.3 is 0 Å². The molecule has 0 saturated carbocycles. The number of rotatable bonds is 11. The molecule has 4 nitrogen and oxygen atoms in total. The molecule has 0 aromatic carbocycles. The molecule has 0 bridgehead atoms. The first-order valence-corrected chi connectivity index (χ1v) is 5.66. The lowest BCUT2D eigenvalue weighted by Gasteiger charge is -2.09. The molecule has 0 aliphatic rings. The van der Waals surface area contributed by atoms with Crippen LogP contribution in [0.15, 0.2) is 0 Å². The molecule has 0 fully saturated rings. The zero-order valence-corrected chi connectivity index (χ0v) is 10.3. The number of methoxy groups -OCH3 is 1. The van der Waals surface area contributed by atoms with Gasteiger partial charge in [0.15, 0.2) is 0 Å². The molecular weight excluding hydrogens is 220 g/mol. The maximum atomic E-state index is 5.57. The molecule has 0 aliphatic heterocycles. The molecule has 0 rings (SSSR count). The van der Waals surface area contributed by atoms with Gasteiger partial charge in [-0.1, -0.05) is 0 Å². The van der Waals surface area contributed by atoms with Crippen LogP contribution in [0.1, 0.15) is 6.92 Å². The van der Waals surface area contributed by atoms with E-state index in [-0.39, 0.29) is 6.10 Å². The van der Waals surface area contributed by atoms with Crippen molar-refractivity contribution in [2.45, 2.75) is 13.0 Å². The van der Waals surface area contributed by atoms with E-state index < -0.39 is 0 Å². The molecule has 1 atom stereocenters. The normalized spacial score (nSPS) is 13.0. The molecule has 0 saturated heterocycles. The average Bonchev–Trinajstić information content (AvgIpc) is 2.26. The van der Waals surface area contributed by atoms with Crippen molar-refractivity contribution in [2.75, 3.05) is 52.6 Å². The third kappa shape index (κ3) is 12.1. The lowest BCUT2D eigenvalue weighted by molar-refractivity contribution is -0.00758. The Labute approximate surface area is 96.8 Å². The Morgan fingerprint density at radius 1 is 0.933 bits per heavy atom. The van der Waals surface area contributed by atoms with E-state index in [1.54, 1.807) is 7.11 Å². The second-order valence-electron chi connectivity index (χ2n) is 3.05. The standard InChI is InChI=1S/C10H21ClO4/c1-10(9-11)15-8-7-14-6-5-13-4-3-12-2/h10H,3-9H2,1-2H3. The Morgan fingerprint density at radius 3 is 2.00 bits per heavy atom. The smallest absolute Gasteiger partial charge is 0.0704 e. The lowest BCUT2D eigenvalue weighted by Crippen LogP contribution is -2.15. The van der Waals surface area contributed by atoms with E-state index >= 15 is 0 Å². The first-order valence-electron chi connectivity index (χ1n) is 5.13. The molecule has 0 aromatic heterocycles. The Hall–Kier alpha value is 0.130. The number of alkyl halides is 1. The number of hydrogen-bond acceptors (Lipinski definition) is 4. The first kappa shape index (κ1) is 15.1. The third-order valence-corrected chi connectivity index (χ3v) is 2.09. The van der Waals surface area contributed by atoms with Crippen molar-refractivity contribution in [3.63, 3.8) is 0 Å². The van der Waals surface area contributed by atoms with Gasteiger partial charge in [0.25, 0.3) is 0 Å². The fourth-order valence-corrected chi connectivity index (χ4v) is 0.906. The average molecular weight is 241 g/mol. The summed E-state index contributed by atoms with van der Waals surface area (Å²) in [4.78, 5) is 0. The van der Waals surface area contributed by atoms with E-state index in [9.17, 15) is 0 Å². The minimum atomic E-state index is 0.0909. The summed E-state index contributed by atoms with van der Waals surface area (Å²) in [6.45, 7) is 5.49. The van der Waals surface area contributed by atoms with Gasteiger partial charge in [0, 0.05) is 13.0 Å². The van der Waals surface area contributed by atoms with Crippen LogP contribution in [0, 0.1) is 0 Å². The van der Waals surface area contributed by atoms with E-state index in [0.29, 0.717) is 45.5 Å². The monoisotopic (exact) mass is 240 g/mol. The van der Waals surface area contributed by atoms with Crippen molar-refractivity contribution in [3.05, 3.63) is 0 Å². The lowest BCUT2D eigenvalue weighted by atomic mass is 10.5. The molecule has 5 heteroatoms. The highest BCUT2D eigenvalue weighted by atomic mass is 35.5. The molecule has 0 aliphatic carbocycles. The third-order valence-electron chi connectivity index (χ3n) is 1.65. The van der Waals surface area contributed by atoms with E-state index in [0.717, 1.165) is 0 Å². The van der Waals surface area contributed by atoms with Crippen molar-refractivity contribution >= 4 is 11.6 Å². The van der Waals surface area contributed by atoms with Crippen molar-refractivity contribution in [1.82, 2.24) is 0 Å². The van der Waals surface area contributed by atoms with E-state index in [1.807, 2.05) is 6.92 Å².